The lowest BCUT2D eigenvalue weighted by Crippen LogP contribution is -2.33. The molecule has 1 saturated heterocycles. The fourth-order valence-corrected chi connectivity index (χ4v) is 4.81. The van der Waals surface area contributed by atoms with E-state index in [0.717, 1.165) is 23.1 Å². The summed E-state index contributed by atoms with van der Waals surface area (Å²) in [5.41, 5.74) is 8.66. The molecule has 0 amide bonds. The standard InChI is InChI=1S/C16H26N2O2S/c1-11-8-13(16(3,4)5)9-12(2)15(11)21(19,20)18-7-6-14(17)10-18/h8-9,14H,6-7,10,17H2,1-5H3/t14-/m1/s1. The minimum atomic E-state index is -3.44. The lowest BCUT2D eigenvalue weighted by atomic mass is 9.85. The van der Waals surface area contributed by atoms with Crippen LogP contribution >= 0.6 is 0 Å². The van der Waals surface area contributed by atoms with Crippen LogP contribution in [0.4, 0.5) is 0 Å². The minimum absolute atomic E-state index is 0.00775. The molecule has 0 aliphatic carbocycles. The van der Waals surface area contributed by atoms with Gasteiger partial charge in [0.15, 0.2) is 0 Å². The van der Waals surface area contributed by atoms with Crippen LogP contribution in [0.1, 0.15) is 43.9 Å². The maximum Gasteiger partial charge on any atom is 0.243 e. The number of benzene rings is 1. The zero-order chi connectivity index (χ0) is 16.0. The molecule has 118 valence electrons. The third kappa shape index (κ3) is 3.15. The molecule has 1 heterocycles. The number of hydrogen-bond donors (Lipinski definition) is 1. The van der Waals surface area contributed by atoms with Gasteiger partial charge in [-0.1, -0.05) is 32.9 Å². The van der Waals surface area contributed by atoms with E-state index in [4.69, 9.17) is 5.73 Å². The van der Waals surface area contributed by atoms with Crippen molar-refractivity contribution in [3.05, 3.63) is 28.8 Å². The summed E-state index contributed by atoms with van der Waals surface area (Å²) in [4.78, 5) is 0.449. The van der Waals surface area contributed by atoms with Gasteiger partial charge < -0.3 is 5.73 Å². The first-order chi connectivity index (χ1) is 9.53. The van der Waals surface area contributed by atoms with Crippen molar-refractivity contribution in [2.75, 3.05) is 13.1 Å². The highest BCUT2D eigenvalue weighted by Crippen LogP contribution is 2.31. The third-order valence-electron chi connectivity index (χ3n) is 4.11. The number of sulfonamides is 1. The number of nitrogens with two attached hydrogens (primary N) is 1. The fraction of sp³-hybridized carbons (Fsp3) is 0.625. The first-order valence-corrected chi connectivity index (χ1v) is 8.85. The average Bonchev–Trinajstić information content (AvgIpc) is 2.74. The number of nitrogens with zero attached hydrogens (tertiary/aromatic N) is 1. The number of rotatable bonds is 2. The second kappa shape index (κ2) is 5.38. The number of aryl methyl sites for hydroxylation is 2. The van der Waals surface area contributed by atoms with Crippen LogP contribution < -0.4 is 5.73 Å². The molecule has 2 N–H and O–H groups in total. The van der Waals surface area contributed by atoms with Crippen LogP contribution in [0.25, 0.3) is 0 Å². The van der Waals surface area contributed by atoms with E-state index in [1.807, 2.05) is 26.0 Å². The molecule has 0 unspecified atom stereocenters. The Kier molecular flexibility index (Phi) is 4.21. The van der Waals surface area contributed by atoms with Crippen LogP contribution in [0, 0.1) is 13.8 Å². The Morgan fingerprint density at radius 1 is 1.19 bits per heavy atom. The van der Waals surface area contributed by atoms with E-state index in [1.54, 1.807) is 0 Å². The van der Waals surface area contributed by atoms with Gasteiger partial charge in [0.05, 0.1) is 4.90 Å². The SMILES string of the molecule is Cc1cc(C(C)(C)C)cc(C)c1S(=O)(=O)N1CC[C@@H](N)C1. The zero-order valence-corrected chi connectivity index (χ0v) is 14.4. The third-order valence-corrected chi connectivity index (χ3v) is 6.28. The van der Waals surface area contributed by atoms with E-state index in [-0.39, 0.29) is 11.5 Å². The summed E-state index contributed by atoms with van der Waals surface area (Å²) in [6, 6.07) is 3.94. The molecule has 0 spiro atoms. The lowest BCUT2D eigenvalue weighted by molar-refractivity contribution is 0.471. The summed E-state index contributed by atoms with van der Waals surface area (Å²) in [7, 11) is -3.44. The summed E-state index contributed by atoms with van der Waals surface area (Å²) in [6.07, 6.45) is 0.734. The fourth-order valence-electron chi connectivity index (χ4n) is 2.89. The van der Waals surface area contributed by atoms with Crippen molar-refractivity contribution in [2.24, 2.45) is 5.73 Å². The molecule has 1 aliphatic heterocycles. The first kappa shape index (κ1) is 16.5. The highest BCUT2D eigenvalue weighted by molar-refractivity contribution is 7.89. The van der Waals surface area contributed by atoms with Gasteiger partial charge in [-0.15, -0.1) is 0 Å². The van der Waals surface area contributed by atoms with Crippen molar-refractivity contribution in [1.82, 2.24) is 4.31 Å². The van der Waals surface area contributed by atoms with Crippen LogP contribution in [0.5, 0.6) is 0 Å². The van der Waals surface area contributed by atoms with Gasteiger partial charge in [0.2, 0.25) is 10.0 Å². The topological polar surface area (TPSA) is 63.4 Å². The van der Waals surface area contributed by atoms with E-state index in [2.05, 4.69) is 20.8 Å². The van der Waals surface area contributed by atoms with Crippen molar-refractivity contribution in [3.63, 3.8) is 0 Å². The average molecular weight is 310 g/mol. The van der Waals surface area contributed by atoms with Gasteiger partial charge in [-0.25, -0.2) is 8.42 Å². The van der Waals surface area contributed by atoms with Gasteiger partial charge in [-0.05, 0) is 42.4 Å². The van der Waals surface area contributed by atoms with Gasteiger partial charge in [-0.2, -0.15) is 4.31 Å². The molecule has 1 aromatic carbocycles. The van der Waals surface area contributed by atoms with Crippen molar-refractivity contribution in [2.45, 2.75) is 57.4 Å². The van der Waals surface area contributed by atoms with E-state index < -0.39 is 10.0 Å². The van der Waals surface area contributed by atoms with Crippen LogP contribution in [-0.4, -0.2) is 31.9 Å². The van der Waals surface area contributed by atoms with Crippen LogP contribution in [0.3, 0.4) is 0 Å². The van der Waals surface area contributed by atoms with Gasteiger partial charge >= 0.3 is 0 Å². The van der Waals surface area contributed by atoms with Gasteiger partial charge in [0.1, 0.15) is 0 Å². The second-order valence-corrected chi connectivity index (χ2v) is 8.98. The highest BCUT2D eigenvalue weighted by atomic mass is 32.2. The normalized spacial score (nSPS) is 21.0. The van der Waals surface area contributed by atoms with E-state index in [1.165, 1.54) is 4.31 Å². The van der Waals surface area contributed by atoms with Crippen LogP contribution in [-0.2, 0) is 15.4 Å². The molecule has 5 heteroatoms. The smallest absolute Gasteiger partial charge is 0.243 e. The van der Waals surface area contributed by atoms with Crippen molar-refractivity contribution < 1.29 is 8.42 Å². The molecule has 0 aromatic heterocycles. The van der Waals surface area contributed by atoms with Gasteiger partial charge in [0, 0.05) is 19.1 Å². The second-order valence-electron chi connectivity index (χ2n) is 7.10. The lowest BCUT2D eigenvalue weighted by Gasteiger charge is -2.24. The molecule has 1 fully saturated rings. The van der Waals surface area contributed by atoms with Crippen molar-refractivity contribution in [3.8, 4) is 0 Å². The predicted molar refractivity (Wildman–Crippen MR) is 86.0 cm³/mol. The Labute approximate surface area is 128 Å². The van der Waals surface area contributed by atoms with Crippen LogP contribution in [0.2, 0.25) is 0 Å². The summed E-state index contributed by atoms with van der Waals surface area (Å²) in [5, 5.41) is 0. The molecule has 0 radical (unpaired) electrons. The summed E-state index contributed by atoms with van der Waals surface area (Å²) >= 11 is 0. The Hall–Kier alpha value is -0.910. The summed E-state index contributed by atoms with van der Waals surface area (Å²) < 4.78 is 27.2. The Morgan fingerprint density at radius 3 is 2.10 bits per heavy atom. The zero-order valence-electron chi connectivity index (χ0n) is 13.6. The van der Waals surface area contributed by atoms with Gasteiger partial charge in [-0.3, -0.25) is 0 Å². The van der Waals surface area contributed by atoms with Crippen LogP contribution in [0.15, 0.2) is 17.0 Å². The molecule has 4 nitrogen and oxygen atoms in total. The highest BCUT2D eigenvalue weighted by Gasteiger charge is 2.33. The molecule has 0 saturated carbocycles. The molecule has 1 aromatic rings. The Morgan fingerprint density at radius 2 is 1.71 bits per heavy atom. The summed E-state index contributed by atoms with van der Waals surface area (Å²) in [6.45, 7) is 11.1. The molecular weight excluding hydrogens is 284 g/mol. The Bertz CT molecular complexity index is 622. The minimum Gasteiger partial charge on any atom is -0.326 e. The predicted octanol–water partition coefficient (Wildman–Crippen LogP) is 2.32. The maximum absolute atomic E-state index is 12.9. The van der Waals surface area contributed by atoms with Gasteiger partial charge in [0.25, 0.3) is 0 Å². The van der Waals surface area contributed by atoms with Crippen molar-refractivity contribution in [1.29, 1.82) is 0 Å². The molecule has 0 bridgehead atoms. The maximum atomic E-state index is 12.9. The Balaban J connectivity index is 2.50. The van der Waals surface area contributed by atoms with E-state index in [0.29, 0.717) is 18.0 Å². The van der Waals surface area contributed by atoms with E-state index >= 15 is 0 Å². The van der Waals surface area contributed by atoms with Crippen molar-refractivity contribution >= 4 is 10.0 Å². The molecule has 2 rings (SSSR count). The number of hydrogen-bond acceptors (Lipinski definition) is 3. The summed E-state index contributed by atoms with van der Waals surface area (Å²) in [5.74, 6) is 0. The largest absolute Gasteiger partial charge is 0.326 e. The molecule has 1 atom stereocenters. The first-order valence-electron chi connectivity index (χ1n) is 7.41. The molecule has 21 heavy (non-hydrogen) atoms. The quantitative estimate of drug-likeness (QED) is 0.912. The molecular formula is C16H26N2O2S. The van der Waals surface area contributed by atoms with E-state index in [9.17, 15) is 8.42 Å². The monoisotopic (exact) mass is 310 g/mol. The molecule has 1 aliphatic rings.